The first kappa shape index (κ1) is 18.0. The van der Waals surface area contributed by atoms with Crippen LogP contribution in [-0.4, -0.2) is 61.5 Å². The van der Waals surface area contributed by atoms with Gasteiger partial charge < -0.3 is 14.5 Å². The average Bonchev–Trinajstić information content (AvgIpc) is 2.61. The predicted molar refractivity (Wildman–Crippen MR) is 94.3 cm³/mol. The summed E-state index contributed by atoms with van der Waals surface area (Å²) in [7, 11) is 0. The van der Waals surface area contributed by atoms with Gasteiger partial charge >= 0.3 is 0 Å². The van der Waals surface area contributed by atoms with Gasteiger partial charge in [-0.25, -0.2) is 0 Å². The van der Waals surface area contributed by atoms with Crippen molar-refractivity contribution < 1.29 is 9.53 Å². The highest BCUT2D eigenvalue weighted by molar-refractivity contribution is 5.98. The molecule has 4 heteroatoms. The van der Waals surface area contributed by atoms with E-state index in [4.69, 9.17) is 4.74 Å². The molecule has 1 aromatic carbocycles. The second-order valence-corrected chi connectivity index (χ2v) is 6.10. The van der Waals surface area contributed by atoms with Crippen LogP contribution in [0.4, 0.5) is 0 Å². The maximum atomic E-state index is 11.9. The Bertz CT molecular complexity index is 482. The number of ketones is 1. The van der Waals surface area contributed by atoms with Crippen LogP contribution >= 0.6 is 0 Å². The van der Waals surface area contributed by atoms with Gasteiger partial charge in [-0.1, -0.05) is 26.0 Å². The zero-order valence-corrected chi connectivity index (χ0v) is 14.6. The molecule has 0 aliphatic carbocycles. The number of Topliss-reactive ketones (excluding diaryl/α,β-unsaturated/α-hetero) is 1. The number of benzene rings is 1. The number of hydrogen-bond donors (Lipinski definition) is 0. The third-order valence-corrected chi connectivity index (χ3v) is 4.55. The zero-order chi connectivity index (χ0) is 16.5. The Balaban J connectivity index is 1.65. The summed E-state index contributed by atoms with van der Waals surface area (Å²) in [5.41, 5.74) is 0.714. The summed E-state index contributed by atoms with van der Waals surface area (Å²) in [5.74, 6) is 0.880. The molecular formula is C19H30N2O2. The van der Waals surface area contributed by atoms with E-state index in [0.29, 0.717) is 18.6 Å². The number of piperazine rings is 1. The van der Waals surface area contributed by atoms with Crippen LogP contribution in [0.3, 0.4) is 0 Å². The number of carbonyl (C=O) groups excluding carboxylic acids is 1. The number of carbonyl (C=O) groups is 1. The maximum absolute atomic E-state index is 11.9. The lowest BCUT2D eigenvalue weighted by Gasteiger charge is -2.33. The highest BCUT2D eigenvalue weighted by Crippen LogP contribution is 2.20. The molecule has 1 saturated heterocycles. The van der Waals surface area contributed by atoms with Gasteiger partial charge in [0.2, 0.25) is 0 Å². The van der Waals surface area contributed by atoms with E-state index in [1.165, 1.54) is 26.2 Å². The molecule has 128 valence electrons. The van der Waals surface area contributed by atoms with Crippen molar-refractivity contribution in [3.05, 3.63) is 29.8 Å². The van der Waals surface area contributed by atoms with E-state index in [1.54, 1.807) is 0 Å². The molecule has 1 aliphatic heterocycles. The number of unbranched alkanes of at least 4 members (excludes halogenated alkanes) is 1. The van der Waals surface area contributed by atoms with Crippen LogP contribution in [0.25, 0.3) is 0 Å². The monoisotopic (exact) mass is 318 g/mol. The lowest BCUT2D eigenvalue weighted by atomic mass is 10.1. The van der Waals surface area contributed by atoms with Gasteiger partial charge in [0.05, 0.1) is 12.2 Å². The van der Waals surface area contributed by atoms with Crippen LogP contribution in [0, 0.1) is 0 Å². The van der Waals surface area contributed by atoms with Gasteiger partial charge in [0, 0.05) is 32.6 Å². The lowest BCUT2D eigenvalue weighted by Crippen LogP contribution is -2.46. The molecule has 0 spiro atoms. The van der Waals surface area contributed by atoms with E-state index in [0.717, 1.165) is 31.7 Å². The molecule has 0 N–H and O–H groups in total. The minimum Gasteiger partial charge on any atom is -0.493 e. The average molecular weight is 318 g/mol. The number of rotatable bonds is 9. The zero-order valence-electron chi connectivity index (χ0n) is 14.6. The van der Waals surface area contributed by atoms with Gasteiger partial charge in [-0.3, -0.25) is 4.79 Å². The fourth-order valence-electron chi connectivity index (χ4n) is 2.96. The summed E-state index contributed by atoms with van der Waals surface area (Å²) in [6.07, 6.45) is 2.70. The molecule has 0 amide bonds. The Morgan fingerprint density at radius 3 is 2.43 bits per heavy atom. The van der Waals surface area contributed by atoms with Crippen molar-refractivity contribution in [3.63, 3.8) is 0 Å². The standard InChI is InChI=1S/C19H30N2O2/c1-3-18(22)17-9-5-6-10-19(17)23-16-8-7-11-21-14-12-20(4-2)13-15-21/h5-6,9-10H,3-4,7-8,11-16H2,1-2H3. The molecule has 0 radical (unpaired) electrons. The largest absolute Gasteiger partial charge is 0.493 e. The molecular weight excluding hydrogens is 288 g/mol. The fraction of sp³-hybridized carbons (Fsp3) is 0.632. The number of para-hydroxylation sites is 1. The molecule has 1 aliphatic rings. The molecule has 1 aromatic rings. The van der Waals surface area contributed by atoms with Crippen molar-refractivity contribution in [2.75, 3.05) is 45.9 Å². The second-order valence-electron chi connectivity index (χ2n) is 6.10. The van der Waals surface area contributed by atoms with Gasteiger partial charge in [0.15, 0.2) is 5.78 Å². The smallest absolute Gasteiger partial charge is 0.166 e. The van der Waals surface area contributed by atoms with Crippen molar-refractivity contribution in [3.8, 4) is 5.75 Å². The van der Waals surface area contributed by atoms with Crippen LogP contribution < -0.4 is 4.74 Å². The third kappa shape index (κ3) is 5.63. The van der Waals surface area contributed by atoms with E-state index < -0.39 is 0 Å². The van der Waals surface area contributed by atoms with Gasteiger partial charge in [-0.15, -0.1) is 0 Å². The molecule has 1 fully saturated rings. The molecule has 0 bridgehead atoms. The predicted octanol–water partition coefficient (Wildman–Crippen LogP) is 3.08. The molecule has 0 atom stereocenters. The topological polar surface area (TPSA) is 32.8 Å². The molecule has 0 saturated carbocycles. The third-order valence-electron chi connectivity index (χ3n) is 4.55. The first-order valence-corrected chi connectivity index (χ1v) is 8.94. The van der Waals surface area contributed by atoms with Crippen LogP contribution in [0.5, 0.6) is 5.75 Å². The second kappa shape index (κ2) is 9.68. The van der Waals surface area contributed by atoms with Crippen molar-refractivity contribution in [1.82, 2.24) is 9.80 Å². The first-order valence-electron chi connectivity index (χ1n) is 8.94. The van der Waals surface area contributed by atoms with Gasteiger partial charge in [-0.2, -0.15) is 0 Å². The Hall–Kier alpha value is -1.39. The quantitative estimate of drug-likeness (QED) is 0.517. The number of hydrogen-bond acceptors (Lipinski definition) is 4. The number of likely N-dealkylation sites (N-methyl/N-ethyl adjacent to an activating group) is 1. The highest BCUT2D eigenvalue weighted by Gasteiger charge is 2.14. The maximum Gasteiger partial charge on any atom is 0.166 e. The van der Waals surface area contributed by atoms with Crippen LogP contribution in [-0.2, 0) is 0 Å². The highest BCUT2D eigenvalue weighted by atomic mass is 16.5. The Morgan fingerprint density at radius 2 is 1.74 bits per heavy atom. The number of ether oxygens (including phenoxy) is 1. The minimum absolute atomic E-state index is 0.148. The first-order chi connectivity index (χ1) is 11.2. The summed E-state index contributed by atoms with van der Waals surface area (Å²) in [5, 5.41) is 0. The van der Waals surface area contributed by atoms with Crippen molar-refractivity contribution >= 4 is 5.78 Å². The Kier molecular flexibility index (Phi) is 7.56. The van der Waals surface area contributed by atoms with E-state index in [9.17, 15) is 4.79 Å². The fourth-order valence-corrected chi connectivity index (χ4v) is 2.96. The summed E-state index contributed by atoms with van der Waals surface area (Å²) in [6.45, 7) is 11.9. The summed E-state index contributed by atoms with van der Waals surface area (Å²) in [4.78, 5) is 16.9. The Morgan fingerprint density at radius 1 is 1.04 bits per heavy atom. The number of nitrogens with zero attached hydrogens (tertiary/aromatic N) is 2. The van der Waals surface area contributed by atoms with Crippen molar-refractivity contribution in [2.45, 2.75) is 33.1 Å². The minimum atomic E-state index is 0.148. The normalized spacial score (nSPS) is 16.4. The summed E-state index contributed by atoms with van der Waals surface area (Å²) in [6, 6.07) is 7.57. The van der Waals surface area contributed by atoms with E-state index in [-0.39, 0.29) is 5.78 Å². The van der Waals surface area contributed by atoms with E-state index in [2.05, 4.69) is 16.7 Å². The molecule has 23 heavy (non-hydrogen) atoms. The molecule has 2 rings (SSSR count). The Labute approximate surface area is 140 Å². The summed E-state index contributed by atoms with van der Waals surface area (Å²) >= 11 is 0. The molecule has 0 unspecified atom stereocenters. The van der Waals surface area contributed by atoms with Gasteiger partial charge in [0.25, 0.3) is 0 Å². The van der Waals surface area contributed by atoms with Gasteiger partial charge in [0.1, 0.15) is 5.75 Å². The SMILES string of the molecule is CCC(=O)c1ccccc1OCCCCN1CCN(CC)CC1. The van der Waals surface area contributed by atoms with Crippen molar-refractivity contribution in [1.29, 1.82) is 0 Å². The lowest BCUT2D eigenvalue weighted by molar-refractivity contribution is 0.0984. The van der Waals surface area contributed by atoms with Gasteiger partial charge in [-0.05, 0) is 38.1 Å². The molecule has 1 heterocycles. The summed E-state index contributed by atoms with van der Waals surface area (Å²) < 4.78 is 5.84. The van der Waals surface area contributed by atoms with Crippen molar-refractivity contribution in [2.24, 2.45) is 0 Å². The van der Waals surface area contributed by atoms with E-state index >= 15 is 0 Å². The molecule has 4 nitrogen and oxygen atoms in total. The molecule has 0 aromatic heterocycles. The van der Waals surface area contributed by atoms with Crippen LogP contribution in [0.15, 0.2) is 24.3 Å². The van der Waals surface area contributed by atoms with E-state index in [1.807, 2.05) is 31.2 Å². The van der Waals surface area contributed by atoms with Crippen LogP contribution in [0.2, 0.25) is 0 Å². The van der Waals surface area contributed by atoms with Crippen LogP contribution in [0.1, 0.15) is 43.5 Å².